The molecule has 2 aliphatic heterocycles. The molecule has 7 rings (SSSR count). The molecule has 5 heterocycles. The molecule has 1 aromatic carbocycles. The van der Waals surface area contributed by atoms with Crippen molar-refractivity contribution in [1.82, 2.24) is 29.6 Å². The van der Waals surface area contributed by atoms with Gasteiger partial charge >= 0.3 is 6.09 Å². The summed E-state index contributed by atoms with van der Waals surface area (Å²) in [7, 11) is 1.75. The topological polar surface area (TPSA) is 116 Å². The van der Waals surface area contributed by atoms with E-state index < -0.39 is 11.7 Å². The Bertz CT molecular complexity index is 1750. The van der Waals surface area contributed by atoms with Gasteiger partial charge in [-0.15, -0.1) is 11.3 Å². The molecule has 4 aromatic rings. The van der Waals surface area contributed by atoms with E-state index in [1.165, 1.54) is 11.3 Å². The first-order valence-electron chi connectivity index (χ1n) is 14.5. The fraction of sp³-hybridized carbons (Fsp3) is 0.552. The van der Waals surface area contributed by atoms with Gasteiger partial charge in [0.05, 0.1) is 32.8 Å². The quantitative estimate of drug-likeness (QED) is 0.333. The third-order valence-corrected chi connectivity index (χ3v) is 9.92. The Balaban J connectivity index is 1.33. The lowest BCUT2D eigenvalue weighted by molar-refractivity contribution is -0.0368. The maximum Gasteiger partial charge on any atom is 0.407 e. The Morgan fingerprint density at radius 3 is 2.81 bits per heavy atom. The molecule has 11 nitrogen and oxygen atoms in total. The van der Waals surface area contributed by atoms with Gasteiger partial charge < -0.3 is 19.7 Å². The molecule has 1 saturated carbocycles. The largest absolute Gasteiger partial charge is 0.444 e. The van der Waals surface area contributed by atoms with E-state index in [2.05, 4.69) is 15.2 Å². The summed E-state index contributed by atoms with van der Waals surface area (Å²) >= 11 is 8.34. The highest BCUT2D eigenvalue weighted by atomic mass is 35.5. The molecule has 1 amide bonds. The first-order valence-corrected chi connectivity index (χ1v) is 15.8. The van der Waals surface area contributed by atoms with Gasteiger partial charge in [0.2, 0.25) is 5.95 Å². The smallest absolute Gasteiger partial charge is 0.407 e. The molecule has 3 aromatic heterocycles. The molecule has 13 heteroatoms. The van der Waals surface area contributed by atoms with E-state index in [9.17, 15) is 9.59 Å². The van der Waals surface area contributed by atoms with Crippen LogP contribution in [0.25, 0.3) is 32.5 Å². The summed E-state index contributed by atoms with van der Waals surface area (Å²) in [4.78, 5) is 38.5. The van der Waals surface area contributed by atoms with Crippen molar-refractivity contribution in [2.75, 3.05) is 18.1 Å². The van der Waals surface area contributed by atoms with Gasteiger partial charge in [0.25, 0.3) is 5.56 Å². The van der Waals surface area contributed by atoms with E-state index in [1.54, 1.807) is 21.8 Å². The molecule has 2 saturated heterocycles. The van der Waals surface area contributed by atoms with Crippen LogP contribution < -0.4 is 15.8 Å². The number of piperidine rings is 1. The third-order valence-electron chi connectivity index (χ3n) is 8.56. The summed E-state index contributed by atoms with van der Waals surface area (Å²) in [6.07, 6.45) is 3.90. The minimum Gasteiger partial charge on any atom is -0.444 e. The van der Waals surface area contributed by atoms with Crippen LogP contribution in [-0.4, -0.2) is 61.2 Å². The summed E-state index contributed by atoms with van der Waals surface area (Å²) in [5.41, 5.74) is 3.42. The van der Waals surface area contributed by atoms with Crippen molar-refractivity contribution in [3.63, 3.8) is 0 Å². The highest BCUT2D eigenvalue weighted by Crippen LogP contribution is 2.42. The number of benzene rings is 1. The average Bonchev–Trinajstić information content (AvgIpc) is 3.73. The van der Waals surface area contributed by atoms with Gasteiger partial charge in [-0.25, -0.2) is 14.5 Å². The minimum atomic E-state index is -0.581. The highest BCUT2D eigenvalue weighted by Gasteiger charge is 2.49. The normalized spacial score (nSPS) is 24.2. The first kappa shape index (κ1) is 27.6. The Morgan fingerprint density at radius 2 is 2.05 bits per heavy atom. The van der Waals surface area contributed by atoms with Crippen LogP contribution in [0.3, 0.4) is 0 Å². The van der Waals surface area contributed by atoms with Crippen LogP contribution >= 0.6 is 22.9 Å². The second-order valence-electron chi connectivity index (χ2n) is 12.4. The number of carbonyl (C=O) groups excluding carboxylic acids is 1. The molecule has 4 atom stereocenters. The highest BCUT2D eigenvalue weighted by molar-refractivity contribution is 7.17. The van der Waals surface area contributed by atoms with Gasteiger partial charge in [-0.3, -0.25) is 9.36 Å². The fourth-order valence-corrected chi connectivity index (χ4v) is 7.80. The summed E-state index contributed by atoms with van der Waals surface area (Å²) in [6.45, 7) is 6.87. The van der Waals surface area contributed by atoms with Crippen molar-refractivity contribution in [3.05, 3.63) is 33.0 Å². The van der Waals surface area contributed by atoms with Crippen molar-refractivity contribution in [2.45, 2.75) is 76.8 Å². The zero-order valence-corrected chi connectivity index (χ0v) is 25.7. The molecule has 3 aliphatic rings. The third kappa shape index (κ3) is 4.55. The number of carbonyl (C=O) groups is 1. The first-order chi connectivity index (χ1) is 20.1. The van der Waals surface area contributed by atoms with Gasteiger partial charge in [-0.2, -0.15) is 10.1 Å². The van der Waals surface area contributed by atoms with Crippen molar-refractivity contribution >= 4 is 56.2 Å². The van der Waals surface area contributed by atoms with Gasteiger partial charge in [-0.05, 0) is 70.9 Å². The number of amides is 1. The van der Waals surface area contributed by atoms with E-state index >= 15 is 0 Å². The minimum absolute atomic E-state index is 0.00280. The molecule has 1 unspecified atom stereocenters. The number of nitrogens with zero attached hydrogens (tertiary/aromatic N) is 6. The van der Waals surface area contributed by atoms with Crippen LogP contribution in [-0.2, 0) is 16.5 Å². The molecule has 42 heavy (non-hydrogen) atoms. The van der Waals surface area contributed by atoms with E-state index in [0.717, 1.165) is 42.3 Å². The summed E-state index contributed by atoms with van der Waals surface area (Å²) < 4.78 is 15.9. The number of aromatic nitrogens is 5. The van der Waals surface area contributed by atoms with E-state index in [1.807, 2.05) is 32.9 Å². The summed E-state index contributed by atoms with van der Waals surface area (Å²) in [6, 6.07) is 3.69. The molecule has 2 bridgehead atoms. The SMILES string of the molecule is Cn1c(N2C[C@@H]3CC[C@H]2[C@H]3NC(=O)OC(C)(C)C)nc2c(c(-c3ccc4ncsc4c3Cl)nn2C2CCCCO2)c1=O. The van der Waals surface area contributed by atoms with Crippen LogP contribution in [0, 0.1) is 5.92 Å². The van der Waals surface area contributed by atoms with Gasteiger partial charge in [0, 0.05) is 25.8 Å². The van der Waals surface area contributed by atoms with Crippen molar-refractivity contribution in [3.8, 4) is 11.3 Å². The molecule has 1 N–H and O–H groups in total. The standard InChI is InChI=1S/C29H34ClN7O4S/c1-29(2,3)41-28(39)32-22-15-8-11-18(22)36(13-15)27-33-25-20(26(38)35(27)4)23(34-37(25)19-7-5-6-12-40-19)16-9-10-17-24(21(16)30)42-14-31-17/h9-10,14-15,18-19,22H,5-8,11-13H2,1-4H3,(H,32,39)/t15-,18-,19?,22-/m0/s1. The van der Waals surface area contributed by atoms with Crippen LogP contribution in [0.2, 0.25) is 5.02 Å². The number of alkyl carbamates (subject to hydrolysis) is 1. The lowest BCUT2D eigenvalue weighted by atomic mass is 10.1. The Kier molecular flexibility index (Phi) is 6.70. The predicted molar refractivity (Wildman–Crippen MR) is 162 cm³/mol. The van der Waals surface area contributed by atoms with Crippen LogP contribution in [0.1, 0.15) is 59.1 Å². The lowest BCUT2D eigenvalue weighted by Crippen LogP contribution is -2.46. The lowest BCUT2D eigenvalue weighted by Gasteiger charge is -2.30. The van der Waals surface area contributed by atoms with Crippen molar-refractivity contribution in [1.29, 1.82) is 0 Å². The fourth-order valence-electron chi connectivity index (χ4n) is 6.69. The number of hydrogen-bond acceptors (Lipinski definition) is 9. The number of hydrogen-bond donors (Lipinski definition) is 1. The number of thiazole rings is 1. The Morgan fingerprint density at radius 1 is 1.21 bits per heavy atom. The van der Waals surface area contributed by atoms with Crippen LogP contribution in [0.4, 0.5) is 10.7 Å². The number of ether oxygens (including phenoxy) is 2. The molecule has 3 fully saturated rings. The number of nitrogens with one attached hydrogen (secondary N) is 1. The van der Waals surface area contributed by atoms with Gasteiger partial charge in [-0.1, -0.05) is 11.6 Å². The zero-order chi connectivity index (χ0) is 29.3. The van der Waals surface area contributed by atoms with E-state index in [0.29, 0.717) is 46.4 Å². The van der Waals surface area contributed by atoms with E-state index in [-0.39, 0.29) is 29.8 Å². The maximum atomic E-state index is 14.2. The van der Waals surface area contributed by atoms with E-state index in [4.69, 9.17) is 31.2 Å². The molecule has 222 valence electrons. The molecular formula is C29H34ClN7O4S. The molecule has 1 aliphatic carbocycles. The predicted octanol–water partition coefficient (Wildman–Crippen LogP) is 5.25. The average molecular weight is 612 g/mol. The molecule has 0 radical (unpaired) electrons. The van der Waals surface area contributed by atoms with Crippen molar-refractivity contribution in [2.24, 2.45) is 13.0 Å². The number of halogens is 1. The van der Waals surface area contributed by atoms with Crippen LogP contribution in [0.5, 0.6) is 0 Å². The maximum absolute atomic E-state index is 14.2. The Labute approximate surface area is 251 Å². The number of rotatable bonds is 4. The molecular weight excluding hydrogens is 578 g/mol. The second kappa shape index (κ2) is 10.2. The summed E-state index contributed by atoms with van der Waals surface area (Å²) in [5.74, 6) is 0.797. The number of anilines is 1. The molecule has 0 spiro atoms. The second-order valence-corrected chi connectivity index (χ2v) is 13.7. The summed E-state index contributed by atoms with van der Waals surface area (Å²) in [5, 5.41) is 9.00. The zero-order valence-electron chi connectivity index (χ0n) is 24.1. The van der Waals surface area contributed by atoms with Crippen LogP contribution in [0.15, 0.2) is 22.4 Å². The van der Waals surface area contributed by atoms with Gasteiger partial charge in [0.15, 0.2) is 11.9 Å². The monoisotopic (exact) mass is 611 g/mol. The Hall–Kier alpha value is -3.22. The number of fused-ring (bicyclic) bond motifs is 4. The van der Waals surface area contributed by atoms with Crippen molar-refractivity contribution < 1.29 is 14.3 Å². The van der Waals surface area contributed by atoms with Gasteiger partial charge in [0.1, 0.15) is 16.7 Å².